The van der Waals surface area contributed by atoms with Crippen LogP contribution in [0.1, 0.15) is 11.7 Å². The van der Waals surface area contributed by atoms with Gasteiger partial charge in [0.2, 0.25) is 0 Å². The number of pyridine rings is 1. The summed E-state index contributed by atoms with van der Waals surface area (Å²) in [5.74, 6) is 0. The molecule has 1 aliphatic heterocycles. The summed E-state index contributed by atoms with van der Waals surface area (Å²) in [7, 11) is 0. The molecule has 1 saturated heterocycles. The second kappa shape index (κ2) is 7.43. The van der Waals surface area contributed by atoms with Crippen LogP contribution in [0, 0.1) is 0 Å². The molecule has 18 heavy (non-hydrogen) atoms. The topological polar surface area (TPSA) is 57.6 Å². The van der Waals surface area contributed by atoms with Crippen molar-refractivity contribution in [3.05, 3.63) is 30.1 Å². The third-order valence-corrected chi connectivity index (χ3v) is 3.14. The van der Waals surface area contributed by atoms with Crippen LogP contribution in [-0.4, -0.2) is 60.9 Å². The number of hydrogen-bond donors (Lipinski definition) is 2. The molecule has 0 bridgehead atoms. The number of nitrogens with one attached hydrogen (secondary N) is 1. The Morgan fingerprint density at radius 1 is 1.33 bits per heavy atom. The maximum absolute atomic E-state index is 9.93. The molecule has 1 atom stereocenters. The minimum absolute atomic E-state index is 0.460. The minimum atomic E-state index is -0.460. The van der Waals surface area contributed by atoms with Gasteiger partial charge in [0.25, 0.3) is 0 Å². The van der Waals surface area contributed by atoms with Crippen LogP contribution in [0.5, 0.6) is 0 Å². The zero-order valence-electron chi connectivity index (χ0n) is 10.6. The van der Waals surface area contributed by atoms with Crippen molar-refractivity contribution in [1.82, 2.24) is 15.2 Å². The van der Waals surface area contributed by atoms with Gasteiger partial charge in [0.15, 0.2) is 0 Å². The predicted octanol–water partition coefficient (Wildman–Crippen LogP) is 0.0368. The molecule has 0 spiro atoms. The number of aliphatic hydroxyl groups is 1. The summed E-state index contributed by atoms with van der Waals surface area (Å²) in [6.07, 6.45) is 2.94. The maximum Gasteiger partial charge on any atom is 0.0915 e. The predicted molar refractivity (Wildman–Crippen MR) is 69.3 cm³/mol. The number of hydrogen-bond acceptors (Lipinski definition) is 5. The first-order chi connectivity index (χ1) is 8.86. The van der Waals surface area contributed by atoms with E-state index < -0.39 is 6.10 Å². The Balaban J connectivity index is 1.60. The van der Waals surface area contributed by atoms with E-state index in [0.29, 0.717) is 6.54 Å². The minimum Gasteiger partial charge on any atom is -0.387 e. The summed E-state index contributed by atoms with van der Waals surface area (Å²) in [5.41, 5.74) is 0.906. The molecule has 5 nitrogen and oxygen atoms in total. The van der Waals surface area contributed by atoms with Crippen molar-refractivity contribution in [3.63, 3.8) is 0 Å². The van der Waals surface area contributed by atoms with Gasteiger partial charge in [-0.05, 0) is 17.7 Å². The highest BCUT2D eigenvalue weighted by molar-refractivity contribution is 5.13. The Bertz CT molecular complexity index is 328. The summed E-state index contributed by atoms with van der Waals surface area (Å²) in [6.45, 7) is 6.16. The van der Waals surface area contributed by atoms with E-state index in [1.807, 2.05) is 12.1 Å². The fourth-order valence-electron chi connectivity index (χ4n) is 2.00. The van der Waals surface area contributed by atoms with Crippen LogP contribution in [0.2, 0.25) is 0 Å². The normalized spacial score (nSPS) is 18.7. The molecule has 2 N–H and O–H groups in total. The lowest BCUT2D eigenvalue weighted by molar-refractivity contribution is 0.0380. The van der Waals surface area contributed by atoms with E-state index in [0.717, 1.165) is 45.0 Å². The van der Waals surface area contributed by atoms with Gasteiger partial charge in [-0.2, -0.15) is 0 Å². The molecule has 5 heteroatoms. The third-order valence-electron chi connectivity index (χ3n) is 3.14. The molecule has 1 unspecified atom stereocenters. The molecule has 100 valence electrons. The Morgan fingerprint density at radius 2 is 2.06 bits per heavy atom. The summed E-state index contributed by atoms with van der Waals surface area (Å²) in [5, 5.41) is 13.2. The molecule has 0 amide bonds. The zero-order chi connectivity index (χ0) is 12.6. The molecule has 1 aliphatic rings. The van der Waals surface area contributed by atoms with Gasteiger partial charge in [-0.15, -0.1) is 0 Å². The smallest absolute Gasteiger partial charge is 0.0915 e. The lowest BCUT2D eigenvalue weighted by Crippen LogP contribution is -2.40. The maximum atomic E-state index is 9.93. The van der Waals surface area contributed by atoms with Gasteiger partial charge in [0.1, 0.15) is 0 Å². The molecule has 1 aromatic rings. The fourth-order valence-corrected chi connectivity index (χ4v) is 2.00. The lowest BCUT2D eigenvalue weighted by Gasteiger charge is -2.26. The monoisotopic (exact) mass is 251 g/mol. The number of aliphatic hydroxyl groups excluding tert-OH is 1. The standard InChI is InChI=1S/C13H21N3O2/c17-13(12-1-3-14-4-2-12)11-15-5-6-16-7-9-18-10-8-16/h1-4,13,15,17H,5-11H2. The quantitative estimate of drug-likeness (QED) is 0.699. The van der Waals surface area contributed by atoms with Crippen LogP contribution in [0.15, 0.2) is 24.5 Å². The highest BCUT2D eigenvalue weighted by Gasteiger charge is 2.10. The van der Waals surface area contributed by atoms with Gasteiger partial charge in [-0.1, -0.05) is 0 Å². The van der Waals surface area contributed by atoms with Crippen molar-refractivity contribution in [2.45, 2.75) is 6.10 Å². The molecular weight excluding hydrogens is 230 g/mol. The fraction of sp³-hybridized carbons (Fsp3) is 0.615. The first-order valence-corrected chi connectivity index (χ1v) is 6.45. The molecule has 2 rings (SSSR count). The van der Waals surface area contributed by atoms with E-state index in [2.05, 4.69) is 15.2 Å². The van der Waals surface area contributed by atoms with E-state index in [1.165, 1.54) is 0 Å². The van der Waals surface area contributed by atoms with E-state index in [4.69, 9.17) is 4.74 Å². The molecule has 1 fully saturated rings. The average Bonchev–Trinajstić information content (AvgIpc) is 2.45. The van der Waals surface area contributed by atoms with Crippen LogP contribution >= 0.6 is 0 Å². The number of rotatable bonds is 6. The SMILES string of the molecule is OC(CNCCN1CCOCC1)c1ccncc1. The Labute approximate surface area is 108 Å². The second-order valence-electron chi connectivity index (χ2n) is 4.45. The third kappa shape index (κ3) is 4.34. The van der Waals surface area contributed by atoms with Crippen molar-refractivity contribution >= 4 is 0 Å². The molecule has 0 radical (unpaired) electrons. The van der Waals surface area contributed by atoms with Gasteiger partial charge < -0.3 is 15.2 Å². The van der Waals surface area contributed by atoms with Crippen LogP contribution in [-0.2, 0) is 4.74 Å². The van der Waals surface area contributed by atoms with Crippen molar-refractivity contribution in [1.29, 1.82) is 0 Å². The molecule has 0 aliphatic carbocycles. The van der Waals surface area contributed by atoms with E-state index in [1.54, 1.807) is 12.4 Å². The molecular formula is C13H21N3O2. The number of morpholine rings is 1. The number of aromatic nitrogens is 1. The second-order valence-corrected chi connectivity index (χ2v) is 4.45. The van der Waals surface area contributed by atoms with Crippen LogP contribution in [0.25, 0.3) is 0 Å². The van der Waals surface area contributed by atoms with Crippen molar-refractivity contribution in [2.75, 3.05) is 45.9 Å². The Kier molecular flexibility index (Phi) is 5.54. The molecule has 1 aromatic heterocycles. The highest BCUT2D eigenvalue weighted by Crippen LogP contribution is 2.09. The highest BCUT2D eigenvalue weighted by atomic mass is 16.5. The van der Waals surface area contributed by atoms with Gasteiger partial charge in [-0.3, -0.25) is 9.88 Å². The van der Waals surface area contributed by atoms with Gasteiger partial charge in [0, 0.05) is 45.1 Å². The first kappa shape index (κ1) is 13.4. The van der Waals surface area contributed by atoms with Crippen LogP contribution in [0.3, 0.4) is 0 Å². The summed E-state index contributed by atoms with van der Waals surface area (Å²) in [6, 6.07) is 3.68. The Hall–Kier alpha value is -1.01. The summed E-state index contributed by atoms with van der Waals surface area (Å²) < 4.78 is 5.29. The van der Waals surface area contributed by atoms with Gasteiger partial charge in [-0.25, -0.2) is 0 Å². The Morgan fingerprint density at radius 3 is 2.78 bits per heavy atom. The van der Waals surface area contributed by atoms with Crippen molar-refractivity contribution in [3.8, 4) is 0 Å². The van der Waals surface area contributed by atoms with Crippen molar-refractivity contribution in [2.24, 2.45) is 0 Å². The van der Waals surface area contributed by atoms with E-state index >= 15 is 0 Å². The van der Waals surface area contributed by atoms with E-state index in [-0.39, 0.29) is 0 Å². The van der Waals surface area contributed by atoms with E-state index in [9.17, 15) is 5.11 Å². The largest absolute Gasteiger partial charge is 0.387 e. The molecule has 0 aromatic carbocycles. The first-order valence-electron chi connectivity index (χ1n) is 6.45. The molecule has 0 saturated carbocycles. The van der Waals surface area contributed by atoms with Crippen LogP contribution < -0.4 is 5.32 Å². The zero-order valence-corrected chi connectivity index (χ0v) is 10.6. The average molecular weight is 251 g/mol. The van der Waals surface area contributed by atoms with Crippen molar-refractivity contribution < 1.29 is 9.84 Å². The number of nitrogens with zero attached hydrogens (tertiary/aromatic N) is 2. The molecule has 2 heterocycles. The van der Waals surface area contributed by atoms with Crippen LogP contribution in [0.4, 0.5) is 0 Å². The lowest BCUT2D eigenvalue weighted by atomic mass is 10.1. The number of ether oxygens (including phenoxy) is 1. The summed E-state index contributed by atoms with van der Waals surface area (Å²) in [4.78, 5) is 6.31. The van der Waals surface area contributed by atoms with Gasteiger partial charge in [0.05, 0.1) is 19.3 Å². The summed E-state index contributed by atoms with van der Waals surface area (Å²) >= 11 is 0. The van der Waals surface area contributed by atoms with Gasteiger partial charge >= 0.3 is 0 Å².